The molecule has 0 atom stereocenters. The number of nitrogens with zero attached hydrogens (tertiary/aromatic N) is 1. The number of nitrogens with one attached hydrogen (secondary N) is 1. The summed E-state index contributed by atoms with van der Waals surface area (Å²) in [5, 5.41) is 3.80. The molecule has 1 aliphatic heterocycles. The third kappa shape index (κ3) is 3.37. The number of fused-ring (bicyclic) bond motifs is 1. The van der Waals surface area contributed by atoms with Gasteiger partial charge in [0.2, 0.25) is 11.8 Å². The summed E-state index contributed by atoms with van der Waals surface area (Å²) >= 11 is 0. The van der Waals surface area contributed by atoms with Gasteiger partial charge in [0.1, 0.15) is 11.3 Å². The molecule has 1 aromatic heterocycles. The van der Waals surface area contributed by atoms with Crippen LogP contribution in [-0.4, -0.2) is 18.4 Å². The van der Waals surface area contributed by atoms with Gasteiger partial charge in [-0.3, -0.25) is 9.59 Å². The molecule has 2 aromatic carbocycles. The lowest BCUT2D eigenvalue weighted by atomic mass is 10.2. The Hall–Kier alpha value is -3.34. The van der Waals surface area contributed by atoms with Crippen LogP contribution in [0.3, 0.4) is 0 Å². The SMILES string of the molecule is O=C(/C=C/c1cc2ccccc2o1)Nc1ccc(N2CCCC2=O)cc1. The molecule has 2 heterocycles. The number of benzene rings is 2. The minimum atomic E-state index is -0.240. The standard InChI is InChI=1S/C21H18N2O3/c24-20(12-11-18-14-15-4-1-2-5-19(15)26-18)22-16-7-9-17(10-8-16)23-13-3-6-21(23)25/h1-2,4-5,7-12,14H,3,6,13H2,(H,22,24)/b12-11+. The highest BCUT2D eigenvalue weighted by atomic mass is 16.3. The van der Waals surface area contributed by atoms with E-state index in [1.165, 1.54) is 6.08 Å². The third-order valence-corrected chi connectivity index (χ3v) is 4.36. The molecule has 1 N–H and O–H groups in total. The van der Waals surface area contributed by atoms with Gasteiger partial charge in [-0.1, -0.05) is 18.2 Å². The fourth-order valence-corrected chi connectivity index (χ4v) is 3.07. The van der Waals surface area contributed by atoms with E-state index >= 15 is 0 Å². The molecule has 1 fully saturated rings. The summed E-state index contributed by atoms with van der Waals surface area (Å²) in [6, 6.07) is 16.9. The third-order valence-electron chi connectivity index (χ3n) is 4.36. The van der Waals surface area contributed by atoms with Crippen molar-refractivity contribution in [3.63, 3.8) is 0 Å². The monoisotopic (exact) mass is 346 g/mol. The zero-order chi connectivity index (χ0) is 17.9. The largest absolute Gasteiger partial charge is 0.457 e. The van der Waals surface area contributed by atoms with E-state index < -0.39 is 0 Å². The first-order valence-electron chi connectivity index (χ1n) is 8.57. The molecule has 130 valence electrons. The van der Waals surface area contributed by atoms with Crippen LogP contribution >= 0.6 is 0 Å². The molecule has 0 bridgehead atoms. The van der Waals surface area contributed by atoms with Crippen LogP contribution in [-0.2, 0) is 9.59 Å². The number of furan rings is 1. The van der Waals surface area contributed by atoms with Gasteiger partial charge in [0.05, 0.1) is 0 Å². The highest BCUT2D eigenvalue weighted by molar-refractivity contribution is 6.02. The van der Waals surface area contributed by atoms with E-state index in [-0.39, 0.29) is 11.8 Å². The predicted octanol–water partition coefficient (Wildman–Crippen LogP) is 4.21. The summed E-state index contributed by atoms with van der Waals surface area (Å²) in [6.45, 7) is 0.755. The van der Waals surface area contributed by atoms with E-state index in [1.54, 1.807) is 23.1 Å². The van der Waals surface area contributed by atoms with E-state index in [4.69, 9.17) is 4.42 Å². The summed E-state index contributed by atoms with van der Waals surface area (Å²) in [7, 11) is 0. The first-order valence-corrected chi connectivity index (χ1v) is 8.57. The number of carbonyl (C=O) groups is 2. The Morgan fingerprint density at radius 3 is 2.65 bits per heavy atom. The highest BCUT2D eigenvalue weighted by Crippen LogP contribution is 2.23. The number of rotatable bonds is 4. The molecule has 1 aliphatic rings. The lowest BCUT2D eigenvalue weighted by molar-refractivity contribution is -0.117. The molecule has 2 amide bonds. The van der Waals surface area contributed by atoms with Crippen molar-refractivity contribution in [3.8, 4) is 0 Å². The molecule has 5 heteroatoms. The number of para-hydroxylation sites is 1. The maximum atomic E-state index is 12.1. The van der Waals surface area contributed by atoms with Gasteiger partial charge in [0, 0.05) is 35.8 Å². The Labute approximate surface area is 150 Å². The van der Waals surface area contributed by atoms with Crippen LogP contribution in [0.2, 0.25) is 0 Å². The molecule has 26 heavy (non-hydrogen) atoms. The maximum Gasteiger partial charge on any atom is 0.248 e. The van der Waals surface area contributed by atoms with E-state index in [2.05, 4.69) is 5.32 Å². The van der Waals surface area contributed by atoms with Crippen LogP contribution in [0.5, 0.6) is 0 Å². The van der Waals surface area contributed by atoms with Gasteiger partial charge < -0.3 is 14.6 Å². The predicted molar refractivity (Wildman–Crippen MR) is 102 cm³/mol. The number of hydrogen-bond donors (Lipinski definition) is 1. The van der Waals surface area contributed by atoms with Gasteiger partial charge in [-0.15, -0.1) is 0 Å². The molecule has 5 nitrogen and oxygen atoms in total. The lowest BCUT2D eigenvalue weighted by Gasteiger charge is -2.15. The molecule has 0 saturated carbocycles. The molecule has 0 radical (unpaired) electrons. The van der Waals surface area contributed by atoms with Gasteiger partial charge in [-0.2, -0.15) is 0 Å². The van der Waals surface area contributed by atoms with E-state index in [0.717, 1.165) is 29.6 Å². The number of amides is 2. The second-order valence-electron chi connectivity index (χ2n) is 6.20. The van der Waals surface area contributed by atoms with Crippen molar-refractivity contribution in [3.05, 3.63) is 66.4 Å². The summed E-state index contributed by atoms with van der Waals surface area (Å²) in [5.74, 6) is 0.537. The smallest absolute Gasteiger partial charge is 0.248 e. The van der Waals surface area contributed by atoms with Crippen LogP contribution in [0.4, 0.5) is 11.4 Å². The fourth-order valence-electron chi connectivity index (χ4n) is 3.07. The van der Waals surface area contributed by atoms with E-state index in [1.807, 2.05) is 42.5 Å². The van der Waals surface area contributed by atoms with Crippen molar-refractivity contribution in [1.29, 1.82) is 0 Å². The molecule has 3 aromatic rings. The van der Waals surface area contributed by atoms with E-state index in [0.29, 0.717) is 17.9 Å². The zero-order valence-electron chi connectivity index (χ0n) is 14.1. The van der Waals surface area contributed by atoms with Crippen molar-refractivity contribution in [2.24, 2.45) is 0 Å². The van der Waals surface area contributed by atoms with Crippen molar-refractivity contribution < 1.29 is 14.0 Å². The molecule has 0 unspecified atom stereocenters. The first-order chi connectivity index (χ1) is 12.7. The van der Waals surface area contributed by atoms with Gasteiger partial charge >= 0.3 is 0 Å². The van der Waals surface area contributed by atoms with Crippen molar-refractivity contribution in [2.45, 2.75) is 12.8 Å². The van der Waals surface area contributed by atoms with Gasteiger partial charge in [0.25, 0.3) is 0 Å². The van der Waals surface area contributed by atoms with Crippen LogP contribution in [0, 0.1) is 0 Å². The summed E-state index contributed by atoms with van der Waals surface area (Å²) in [4.78, 5) is 25.6. The normalized spacial score (nSPS) is 14.5. The number of hydrogen-bond acceptors (Lipinski definition) is 3. The lowest BCUT2D eigenvalue weighted by Crippen LogP contribution is -2.23. The molecule has 1 saturated heterocycles. The van der Waals surface area contributed by atoms with Crippen molar-refractivity contribution in [1.82, 2.24) is 0 Å². The second-order valence-corrected chi connectivity index (χ2v) is 6.20. The minimum absolute atomic E-state index is 0.149. The fraction of sp³-hybridized carbons (Fsp3) is 0.143. The van der Waals surface area contributed by atoms with Gasteiger partial charge in [-0.05, 0) is 48.9 Å². The molecular weight excluding hydrogens is 328 g/mol. The average Bonchev–Trinajstić information content (AvgIpc) is 3.26. The summed E-state index contributed by atoms with van der Waals surface area (Å²) in [6.07, 6.45) is 4.58. The molecule has 4 rings (SSSR count). The Balaban J connectivity index is 1.40. The Kier molecular flexibility index (Phi) is 4.27. The Morgan fingerprint density at radius 1 is 1.12 bits per heavy atom. The van der Waals surface area contributed by atoms with Crippen molar-refractivity contribution >= 4 is 40.2 Å². The second kappa shape index (κ2) is 6.88. The zero-order valence-corrected chi connectivity index (χ0v) is 14.1. The molecule has 0 aliphatic carbocycles. The first kappa shape index (κ1) is 16.1. The Bertz CT molecular complexity index is 953. The topological polar surface area (TPSA) is 62.6 Å². The Morgan fingerprint density at radius 2 is 1.92 bits per heavy atom. The summed E-state index contributed by atoms with van der Waals surface area (Å²) in [5.41, 5.74) is 2.34. The number of anilines is 2. The number of carbonyl (C=O) groups excluding carboxylic acids is 2. The van der Waals surface area contributed by atoms with Crippen LogP contribution in [0.25, 0.3) is 17.0 Å². The van der Waals surface area contributed by atoms with E-state index in [9.17, 15) is 9.59 Å². The van der Waals surface area contributed by atoms with Crippen molar-refractivity contribution in [2.75, 3.05) is 16.8 Å². The van der Waals surface area contributed by atoms with Crippen LogP contribution in [0.15, 0.2) is 65.1 Å². The maximum absolute atomic E-state index is 12.1. The average molecular weight is 346 g/mol. The quantitative estimate of drug-likeness (QED) is 0.720. The van der Waals surface area contributed by atoms with Gasteiger partial charge in [0.15, 0.2) is 0 Å². The molecular formula is C21H18N2O3. The minimum Gasteiger partial charge on any atom is -0.457 e. The highest BCUT2D eigenvalue weighted by Gasteiger charge is 2.21. The van der Waals surface area contributed by atoms with Crippen LogP contribution < -0.4 is 10.2 Å². The van der Waals surface area contributed by atoms with Crippen LogP contribution in [0.1, 0.15) is 18.6 Å². The molecule has 0 spiro atoms. The summed E-state index contributed by atoms with van der Waals surface area (Å²) < 4.78 is 5.65. The van der Waals surface area contributed by atoms with Gasteiger partial charge in [-0.25, -0.2) is 0 Å².